The molecule has 0 aliphatic heterocycles. The summed E-state index contributed by atoms with van der Waals surface area (Å²) in [5.74, 6) is -2.18. The predicted molar refractivity (Wildman–Crippen MR) is 106 cm³/mol. The van der Waals surface area contributed by atoms with Crippen LogP contribution in [-0.2, 0) is 19.6 Å². The minimum atomic E-state index is -3.63. The Hall–Kier alpha value is -3.04. The van der Waals surface area contributed by atoms with E-state index in [4.69, 9.17) is 4.74 Å². The predicted octanol–water partition coefficient (Wildman–Crippen LogP) is 1.83. The van der Waals surface area contributed by atoms with E-state index < -0.39 is 34.4 Å². The maximum Gasteiger partial charge on any atom is 0.338 e. The number of carbonyl (C=O) groups excluding carboxylic acids is 3. The normalized spacial score (nSPS) is 11.1. The highest BCUT2D eigenvalue weighted by molar-refractivity contribution is 7.89. The maximum absolute atomic E-state index is 12.4. The molecule has 0 aliphatic carbocycles. The van der Waals surface area contributed by atoms with E-state index in [1.165, 1.54) is 28.6 Å². The number of esters is 1. The summed E-state index contributed by atoms with van der Waals surface area (Å²) in [6.07, 6.45) is 0. The smallest absolute Gasteiger partial charge is 0.338 e. The summed E-state index contributed by atoms with van der Waals surface area (Å²) in [5.41, 5.74) is 0.392. The Kier molecular flexibility index (Phi) is 7.63. The van der Waals surface area contributed by atoms with Gasteiger partial charge in [0.2, 0.25) is 10.0 Å². The molecule has 0 radical (unpaired) electrons. The highest BCUT2D eigenvalue weighted by Crippen LogP contribution is 2.16. The molecular formula is C20H22N2O6S. The largest absolute Gasteiger partial charge is 0.452 e. The van der Waals surface area contributed by atoms with Gasteiger partial charge >= 0.3 is 5.97 Å². The van der Waals surface area contributed by atoms with Gasteiger partial charge in [-0.2, -0.15) is 4.31 Å². The Balaban J connectivity index is 1.94. The molecule has 1 N–H and O–H groups in total. The lowest BCUT2D eigenvalue weighted by Crippen LogP contribution is -2.34. The van der Waals surface area contributed by atoms with Crippen molar-refractivity contribution >= 4 is 27.8 Å². The van der Waals surface area contributed by atoms with E-state index in [-0.39, 0.29) is 10.5 Å². The molecule has 0 aromatic heterocycles. The second kappa shape index (κ2) is 9.94. The van der Waals surface area contributed by atoms with Crippen LogP contribution in [0, 0.1) is 0 Å². The first-order valence-corrected chi connectivity index (χ1v) is 10.4. The van der Waals surface area contributed by atoms with Gasteiger partial charge in [-0.15, -0.1) is 0 Å². The number of nitrogens with one attached hydrogen (secondary N) is 1. The van der Waals surface area contributed by atoms with Crippen LogP contribution >= 0.6 is 0 Å². The van der Waals surface area contributed by atoms with Gasteiger partial charge in [0.25, 0.3) is 11.8 Å². The molecule has 0 spiro atoms. The standard InChI is InChI=1S/C20H22N2O6S/c1-3-22(4-2)29(26,27)17-12-10-16(11-13-17)20(25)28-14-18(23)21-19(24)15-8-6-5-7-9-15/h5-13H,3-4,14H2,1-2H3,(H,21,23,24). The van der Waals surface area contributed by atoms with E-state index >= 15 is 0 Å². The summed E-state index contributed by atoms with van der Waals surface area (Å²) in [7, 11) is -3.63. The number of hydrogen-bond acceptors (Lipinski definition) is 6. The van der Waals surface area contributed by atoms with Crippen molar-refractivity contribution in [3.05, 3.63) is 65.7 Å². The summed E-state index contributed by atoms with van der Waals surface area (Å²) in [6.45, 7) is 3.50. The van der Waals surface area contributed by atoms with Gasteiger partial charge < -0.3 is 4.74 Å². The quantitative estimate of drug-likeness (QED) is 0.655. The van der Waals surface area contributed by atoms with Crippen LogP contribution < -0.4 is 5.32 Å². The third-order valence-electron chi connectivity index (χ3n) is 4.06. The number of benzene rings is 2. The first-order valence-electron chi connectivity index (χ1n) is 8.96. The number of ether oxygens (including phenoxy) is 1. The lowest BCUT2D eigenvalue weighted by Gasteiger charge is -2.18. The molecule has 0 saturated carbocycles. The van der Waals surface area contributed by atoms with Gasteiger partial charge in [0.1, 0.15) is 0 Å². The van der Waals surface area contributed by atoms with E-state index in [2.05, 4.69) is 5.32 Å². The zero-order chi connectivity index (χ0) is 21.4. The molecule has 0 heterocycles. The number of amides is 2. The van der Waals surface area contributed by atoms with Gasteiger partial charge in [-0.3, -0.25) is 14.9 Å². The molecule has 2 aromatic carbocycles. The van der Waals surface area contributed by atoms with E-state index in [0.717, 1.165) is 0 Å². The summed E-state index contributed by atoms with van der Waals surface area (Å²) in [5, 5.41) is 2.12. The Morgan fingerprint density at radius 2 is 1.48 bits per heavy atom. The number of hydrogen-bond donors (Lipinski definition) is 1. The average Bonchev–Trinajstić information content (AvgIpc) is 2.73. The fraction of sp³-hybridized carbons (Fsp3) is 0.250. The number of rotatable bonds is 8. The molecule has 154 valence electrons. The summed E-state index contributed by atoms with van der Waals surface area (Å²) < 4.78 is 31.0. The van der Waals surface area contributed by atoms with Gasteiger partial charge in [0.05, 0.1) is 10.5 Å². The van der Waals surface area contributed by atoms with Crippen molar-refractivity contribution in [2.45, 2.75) is 18.7 Å². The van der Waals surface area contributed by atoms with Crippen molar-refractivity contribution in [2.75, 3.05) is 19.7 Å². The van der Waals surface area contributed by atoms with Gasteiger partial charge in [-0.05, 0) is 36.4 Å². The lowest BCUT2D eigenvalue weighted by molar-refractivity contribution is -0.123. The molecule has 0 unspecified atom stereocenters. The van der Waals surface area contributed by atoms with Gasteiger partial charge in [-0.1, -0.05) is 32.0 Å². The Morgan fingerprint density at radius 3 is 2.03 bits per heavy atom. The van der Waals surface area contributed by atoms with E-state index in [1.807, 2.05) is 0 Å². The third kappa shape index (κ3) is 5.72. The van der Waals surface area contributed by atoms with Crippen LogP contribution in [0.2, 0.25) is 0 Å². The van der Waals surface area contributed by atoms with Crippen molar-refractivity contribution < 1.29 is 27.5 Å². The molecule has 8 nitrogen and oxygen atoms in total. The van der Waals surface area contributed by atoms with Crippen LogP contribution in [0.4, 0.5) is 0 Å². The summed E-state index contributed by atoms with van der Waals surface area (Å²) in [6, 6.07) is 13.4. The van der Waals surface area contributed by atoms with Crippen LogP contribution in [0.3, 0.4) is 0 Å². The molecule has 0 bridgehead atoms. The highest BCUT2D eigenvalue weighted by Gasteiger charge is 2.22. The van der Waals surface area contributed by atoms with E-state index in [9.17, 15) is 22.8 Å². The van der Waals surface area contributed by atoms with Crippen LogP contribution in [0.5, 0.6) is 0 Å². The average molecular weight is 418 g/mol. The summed E-state index contributed by atoms with van der Waals surface area (Å²) in [4.78, 5) is 35.8. The first kappa shape index (κ1) is 22.3. The monoisotopic (exact) mass is 418 g/mol. The van der Waals surface area contributed by atoms with E-state index in [1.54, 1.807) is 44.2 Å². The second-order valence-electron chi connectivity index (χ2n) is 5.93. The van der Waals surface area contributed by atoms with Crippen molar-refractivity contribution in [1.29, 1.82) is 0 Å². The van der Waals surface area contributed by atoms with Gasteiger partial charge in [-0.25, -0.2) is 13.2 Å². The number of sulfonamides is 1. The maximum atomic E-state index is 12.4. The SMILES string of the molecule is CCN(CC)S(=O)(=O)c1ccc(C(=O)OCC(=O)NC(=O)c2ccccc2)cc1. The van der Waals surface area contributed by atoms with Crippen molar-refractivity contribution in [1.82, 2.24) is 9.62 Å². The molecular weight excluding hydrogens is 396 g/mol. The fourth-order valence-corrected chi connectivity index (χ4v) is 3.97. The minimum absolute atomic E-state index is 0.0592. The molecule has 2 rings (SSSR count). The molecule has 2 amide bonds. The summed E-state index contributed by atoms with van der Waals surface area (Å²) >= 11 is 0. The van der Waals surface area contributed by atoms with Crippen LogP contribution in [0.1, 0.15) is 34.6 Å². The van der Waals surface area contributed by atoms with Crippen molar-refractivity contribution in [3.8, 4) is 0 Å². The zero-order valence-corrected chi connectivity index (χ0v) is 16.9. The lowest BCUT2D eigenvalue weighted by atomic mass is 10.2. The molecule has 0 saturated heterocycles. The first-order chi connectivity index (χ1) is 13.8. The molecule has 9 heteroatoms. The number of nitrogens with zero attached hydrogens (tertiary/aromatic N) is 1. The van der Waals surface area contributed by atoms with Crippen LogP contribution in [0.15, 0.2) is 59.5 Å². The molecule has 29 heavy (non-hydrogen) atoms. The zero-order valence-electron chi connectivity index (χ0n) is 16.1. The topological polar surface area (TPSA) is 110 Å². The molecule has 2 aromatic rings. The number of imide groups is 1. The van der Waals surface area contributed by atoms with Gasteiger partial charge in [0, 0.05) is 18.7 Å². The Labute approximate surface area is 169 Å². The third-order valence-corrected chi connectivity index (χ3v) is 6.12. The van der Waals surface area contributed by atoms with Crippen molar-refractivity contribution in [2.24, 2.45) is 0 Å². The molecule has 0 aliphatic rings. The van der Waals surface area contributed by atoms with Crippen LogP contribution in [-0.4, -0.2) is 50.2 Å². The number of carbonyl (C=O) groups is 3. The minimum Gasteiger partial charge on any atom is -0.452 e. The fourth-order valence-electron chi connectivity index (χ4n) is 2.51. The highest BCUT2D eigenvalue weighted by atomic mass is 32.2. The molecule has 0 fully saturated rings. The van der Waals surface area contributed by atoms with Gasteiger partial charge in [0.15, 0.2) is 6.61 Å². The Bertz CT molecular complexity index is 968. The molecule has 0 atom stereocenters. The Morgan fingerprint density at radius 1 is 0.897 bits per heavy atom. The second-order valence-corrected chi connectivity index (χ2v) is 7.87. The van der Waals surface area contributed by atoms with E-state index in [0.29, 0.717) is 18.7 Å². The van der Waals surface area contributed by atoms with Crippen molar-refractivity contribution in [3.63, 3.8) is 0 Å². The van der Waals surface area contributed by atoms with Crippen LogP contribution in [0.25, 0.3) is 0 Å².